The van der Waals surface area contributed by atoms with Gasteiger partial charge in [-0.3, -0.25) is 4.79 Å². The topological polar surface area (TPSA) is 75.7 Å². The Hall–Kier alpha value is -3.16. The van der Waals surface area contributed by atoms with Crippen molar-refractivity contribution >= 4 is 21.6 Å². The maximum atomic E-state index is 13.4. The Kier molecular flexibility index (Phi) is 6.30. The summed E-state index contributed by atoms with van der Waals surface area (Å²) in [5, 5.41) is 0. The number of benzene rings is 3. The predicted octanol–water partition coefficient (Wildman–Crippen LogP) is 3.81. The van der Waals surface area contributed by atoms with Gasteiger partial charge in [0.2, 0.25) is 10.0 Å². The average Bonchev–Trinajstić information content (AvgIpc) is 3.14. The summed E-state index contributed by atoms with van der Waals surface area (Å²) in [5.41, 5.74) is 3.31. The van der Waals surface area contributed by atoms with Gasteiger partial charge >= 0.3 is 0 Å². The van der Waals surface area contributed by atoms with Crippen LogP contribution in [-0.2, 0) is 22.9 Å². The number of ether oxygens (including phenoxy) is 1. The lowest BCUT2D eigenvalue weighted by molar-refractivity contribution is 0.0981. The standard InChI is InChI=1S/C25H26N2O4S/c1-18-16-20-10-6-7-11-22(20)27(18)25(28)21-12-13-23(31-2)24(17-21)32(29,30)26-15-14-19-8-4-3-5-9-19/h3-13,17-18,26H,14-16H2,1-2H3/t18-/m0/s1. The second kappa shape index (κ2) is 9.14. The Balaban J connectivity index is 1.59. The molecular weight excluding hydrogens is 424 g/mol. The van der Waals surface area contributed by atoms with Crippen LogP contribution in [0.2, 0.25) is 0 Å². The van der Waals surface area contributed by atoms with E-state index >= 15 is 0 Å². The van der Waals surface area contributed by atoms with E-state index in [9.17, 15) is 13.2 Å². The highest BCUT2D eigenvalue weighted by atomic mass is 32.2. The molecule has 0 radical (unpaired) electrons. The Morgan fingerprint density at radius 3 is 2.53 bits per heavy atom. The molecule has 0 aromatic heterocycles. The third-order valence-electron chi connectivity index (χ3n) is 5.67. The number of anilines is 1. The van der Waals surface area contributed by atoms with E-state index in [2.05, 4.69) is 4.72 Å². The van der Waals surface area contributed by atoms with Gasteiger partial charge in [-0.25, -0.2) is 13.1 Å². The van der Waals surface area contributed by atoms with Gasteiger partial charge in [0.15, 0.2) is 0 Å². The number of nitrogens with zero attached hydrogens (tertiary/aromatic N) is 1. The zero-order valence-corrected chi connectivity index (χ0v) is 18.9. The number of hydrogen-bond donors (Lipinski definition) is 1. The number of para-hydroxylation sites is 1. The molecule has 0 fully saturated rings. The molecule has 1 heterocycles. The summed E-state index contributed by atoms with van der Waals surface area (Å²) in [6, 6.07) is 22.0. The highest BCUT2D eigenvalue weighted by Crippen LogP contribution is 2.34. The second-order valence-corrected chi connectivity index (χ2v) is 9.59. The molecule has 0 spiro atoms. The summed E-state index contributed by atoms with van der Waals surface area (Å²) >= 11 is 0. The van der Waals surface area contributed by atoms with E-state index in [1.54, 1.807) is 11.0 Å². The molecule has 4 rings (SSSR count). The van der Waals surface area contributed by atoms with E-state index in [4.69, 9.17) is 4.74 Å². The Bertz CT molecular complexity index is 1230. The number of rotatable bonds is 7. The van der Waals surface area contributed by atoms with Crippen molar-refractivity contribution < 1.29 is 17.9 Å². The number of nitrogens with one attached hydrogen (secondary N) is 1. The highest BCUT2D eigenvalue weighted by molar-refractivity contribution is 7.89. The lowest BCUT2D eigenvalue weighted by Crippen LogP contribution is -2.36. The molecule has 3 aromatic carbocycles. The van der Waals surface area contributed by atoms with Crippen molar-refractivity contribution in [3.63, 3.8) is 0 Å². The first-order valence-corrected chi connectivity index (χ1v) is 12.0. The number of hydrogen-bond acceptors (Lipinski definition) is 4. The largest absolute Gasteiger partial charge is 0.495 e. The minimum atomic E-state index is -3.87. The van der Waals surface area contributed by atoms with Gasteiger partial charge in [0.05, 0.1) is 7.11 Å². The number of amides is 1. The van der Waals surface area contributed by atoms with Crippen molar-refractivity contribution in [2.45, 2.75) is 30.7 Å². The molecule has 0 bridgehead atoms. The first kappa shape index (κ1) is 22.0. The number of methoxy groups -OCH3 is 1. The van der Waals surface area contributed by atoms with Crippen molar-refractivity contribution in [2.75, 3.05) is 18.6 Å². The van der Waals surface area contributed by atoms with Crippen molar-refractivity contribution in [3.8, 4) is 5.75 Å². The summed E-state index contributed by atoms with van der Waals surface area (Å²) in [4.78, 5) is 15.1. The quantitative estimate of drug-likeness (QED) is 0.594. The molecule has 1 aliphatic rings. The van der Waals surface area contributed by atoms with Gasteiger partial charge in [-0.1, -0.05) is 48.5 Å². The molecule has 0 saturated heterocycles. The molecule has 7 heteroatoms. The predicted molar refractivity (Wildman–Crippen MR) is 125 cm³/mol. The van der Waals surface area contributed by atoms with Gasteiger partial charge < -0.3 is 9.64 Å². The Morgan fingerprint density at radius 1 is 1.06 bits per heavy atom. The summed E-state index contributed by atoms with van der Waals surface area (Å²) in [6.07, 6.45) is 1.33. The van der Waals surface area contributed by atoms with Gasteiger partial charge in [0.25, 0.3) is 5.91 Å². The van der Waals surface area contributed by atoms with Gasteiger partial charge in [0, 0.05) is 23.8 Å². The number of fused-ring (bicyclic) bond motifs is 1. The number of sulfonamides is 1. The molecule has 32 heavy (non-hydrogen) atoms. The monoisotopic (exact) mass is 450 g/mol. The zero-order chi connectivity index (χ0) is 22.7. The number of carbonyl (C=O) groups excluding carboxylic acids is 1. The van der Waals surface area contributed by atoms with Crippen LogP contribution in [-0.4, -0.2) is 34.0 Å². The third kappa shape index (κ3) is 4.40. The smallest absolute Gasteiger partial charge is 0.258 e. The van der Waals surface area contributed by atoms with Gasteiger partial charge in [-0.15, -0.1) is 0 Å². The highest BCUT2D eigenvalue weighted by Gasteiger charge is 2.32. The fourth-order valence-electron chi connectivity index (χ4n) is 4.09. The number of carbonyl (C=O) groups is 1. The maximum Gasteiger partial charge on any atom is 0.258 e. The molecule has 1 aliphatic heterocycles. The second-order valence-electron chi connectivity index (χ2n) is 7.86. The summed E-state index contributed by atoms with van der Waals surface area (Å²) in [6.45, 7) is 2.23. The van der Waals surface area contributed by atoms with Crippen LogP contribution in [0, 0.1) is 0 Å². The van der Waals surface area contributed by atoms with Crippen LogP contribution >= 0.6 is 0 Å². The molecule has 6 nitrogen and oxygen atoms in total. The van der Waals surface area contributed by atoms with E-state index < -0.39 is 10.0 Å². The molecule has 0 unspecified atom stereocenters. The lowest BCUT2D eigenvalue weighted by atomic mass is 10.1. The molecule has 1 atom stereocenters. The Morgan fingerprint density at radius 2 is 1.78 bits per heavy atom. The normalized spacial score (nSPS) is 15.4. The average molecular weight is 451 g/mol. The fraction of sp³-hybridized carbons (Fsp3) is 0.240. The van der Waals surface area contributed by atoms with Crippen molar-refractivity contribution in [3.05, 3.63) is 89.5 Å². The fourth-order valence-corrected chi connectivity index (χ4v) is 5.31. The molecule has 3 aromatic rings. The Labute approximate surface area is 188 Å². The maximum absolute atomic E-state index is 13.4. The van der Waals surface area contributed by atoms with Crippen LogP contribution in [0.5, 0.6) is 5.75 Å². The first-order valence-electron chi connectivity index (χ1n) is 10.5. The van der Waals surface area contributed by atoms with E-state index in [-0.39, 0.29) is 29.1 Å². The van der Waals surface area contributed by atoms with Crippen LogP contribution < -0.4 is 14.4 Å². The van der Waals surface area contributed by atoms with Crippen molar-refractivity contribution in [1.82, 2.24) is 4.72 Å². The van der Waals surface area contributed by atoms with E-state index in [1.807, 2.05) is 61.5 Å². The summed E-state index contributed by atoms with van der Waals surface area (Å²) < 4.78 is 34.0. The summed E-state index contributed by atoms with van der Waals surface area (Å²) in [7, 11) is -2.46. The minimum absolute atomic E-state index is 0.00828. The first-order chi connectivity index (χ1) is 15.4. The zero-order valence-electron chi connectivity index (χ0n) is 18.1. The van der Waals surface area contributed by atoms with E-state index in [0.29, 0.717) is 12.0 Å². The molecule has 1 N–H and O–H groups in total. The third-order valence-corrected chi connectivity index (χ3v) is 7.16. The molecule has 0 saturated carbocycles. The van der Waals surface area contributed by atoms with Crippen LogP contribution in [0.1, 0.15) is 28.4 Å². The molecule has 166 valence electrons. The van der Waals surface area contributed by atoms with Crippen molar-refractivity contribution in [2.24, 2.45) is 0 Å². The summed E-state index contributed by atoms with van der Waals surface area (Å²) in [5.74, 6) is -0.0329. The molecular formula is C25H26N2O4S. The van der Waals surface area contributed by atoms with Crippen molar-refractivity contribution in [1.29, 1.82) is 0 Å². The van der Waals surface area contributed by atoms with Crippen LogP contribution in [0.3, 0.4) is 0 Å². The van der Waals surface area contributed by atoms with Crippen LogP contribution in [0.15, 0.2) is 77.7 Å². The SMILES string of the molecule is COc1ccc(C(=O)N2c3ccccc3C[C@@H]2C)cc1S(=O)(=O)NCCc1ccccc1. The van der Waals surface area contributed by atoms with Gasteiger partial charge in [-0.2, -0.15) is 0 Å². The van der Waals surface area contributed by atoms with Crippen LogP contribution in [0.25, 0.3) is 0 Å². The lowest BCUT2D eigenvalue weighted by Gasteiger charge is -2.23. The molecule has 1 amide bonds. The van der Waals surface area contributed by atoms with Gasteiger partial charge in [0.1, 0.15) is 10.6 Å². The van der Waals surface area contributed by atoms with Crippen LogP contribution in [0.4, 0.5) is 5.69 Å². The van der Waals surface area contributed by atoms with E-state index in [1.165, 1.54) is 19.2 Å². The van der Waals surface area contributed by atoms with Gasteiger partial charge in [-0.05, 0) is 55.2 Å². The van der Waals surface area contributed by atoms with E-state index in [0.717, 1.165) is 23.2 Å². The minimum Gasteiger partial charge on any atom is -0.495 e. The molecule has 0 aliphatic carbocycles.